The average molecular weight is 293 g/mol. The first-order valence-corrected chi connectivity index (χ1v) is 7.89. The van der Waals surface area contributed by atoms with Crippen molar-refractivity contribution < 1.29 is 9.18 Å². The van der Waals surface area contributed by atoms with Crippen LogP contribution in [0.3, 0.4) is 0 Å². The lowest BCUT2D eigenvalue weighted by molar-refractivity contribution is 0.0923. The van der Waals surface area contributed by atoms with E-state index in [2.05, 4.69) is 32.6 Å². The molecule has 0 aliphatic rings. The second-order valence-electron chi connectivity index (χ2n) is 6.57. The summed E-state index contributed by atoms with van der Waals surface area (Å²) in [5.74, 6) is 1.03. The van der Waals surface area contributed by atoms with Crippen LogP contribution in [0.5, 0.6) is 0 Å². The molecular weight excluding hydrogens is 265 g/mol. The Morgan fingerprint density at radius 2 is 1.48 bits per heavy atom. The molecule has 0 amide bonds. The quantitative estimate of drug-likeness (QED) is 0.629. The predicted octanol–water partition coefficient (Wildman–Crippen LogP) is 4.40. The summed E-state index contributed by atoms with van der Waals surface area (Å²) in [6, 6.07) is 5.83. The molecule has 0 spiro atoms. The van der Waals surface area contributed by atoms with Gasteiger partial charge in [-0.2, -0.15) is 0 Å². The van der Waals surface area contributed by atoms with Crippen LogP contribution in [0.4, 0.5) is 4.39 Å². The highest BCUT2D eigenvalue weighted by Crippen LogP contribution is 2.09. The lowest BCUT2D eigenvalue weighted by Gasteiger charge is -2.23. The highest BCUT2D eigenvalue weighted by Gasteiger charge is 2.13. The Kier molecular flexibility index (Phi) is 7.58. The molecule has 0 radical (unpaired) electrons. The number of Topliss-reactive ketones (excluding diaryl/α,β-unsaturated/α-hetero) is 1. The first-order chi connectivity index (χ1) is 9.88. The fraction of sp³-hybridized carbons (Fsp3) is 0.611. The number of hydrogen-bond donors (Lipinski definition) is 0. The number of benzene rings is 1. The van der Waals surface area contributed by atoms with Crippen LogP contribution in [0.2, 0.25) is 0 Å². The smallest absolute Gasteiger partial charge is 0.176 e. The lowest BCUT2D eigenvalue weighted by atomic mass is 10.1. The topological polar surface area (TPSA) is 20.3 Å². The normalized spacial score (nSPS) is 11.6. The second kappa shape index (κ2) is 8.93. The van der Waals surface area contributed by atoms with Crippen molar-refractivity contribution in [2.45, 2.75) is 40.5 Å². The summed E-state index contributed by atoms with van der Waals surface area (Å²) in [6.45, 7) is 11.1. The molecule has 0 aliphatic heterocycles. The number of halogens is 1. The Bertz CT molecular complexity index is 413. The molecule has 21 heavy (non-hydrogen) atoms. The Hall–Kier alpha value is -1.22. The van der Waals surface area contributed by atoms with Crippen LogP contribution in [0, 0.1) is 17.7 Å². The van der Waals surface area contributed by atoms with Crippen molar-refractivity contribution in [3.63, 3.8) is 0 Å². The zero-order valence-electron chi connectivity index (χ0n) is 13.7. The minimum atomic E-state index is -0.303. The van der Waals surface area contributed by atoms with Gasteiger partial charge < -0.3 is 0 Å². The van der Waals surface area contributed by atoms with Crippen molar-refractivity contribution in [3.05, 3.63) is 35.6 Å². The van der Waals surface area contributed by atoms with Crippen LogP contribution in [0.25, 0.3) is 0 Å². The molecule has 0 atom stereocenters. The third-order valence-electron chi connectivity index (χ3n) is 3.58. The molecule has 0 fully saturated rings. The first kappa shape index (κ1) is 17.8. The van der Waals surface area contributed by atoms with E-state index in [1.165, 1.54) is 12.1 Å². The standard InChI is InChI=1S/C18H28FNO/c1-14(2)9-11-20(12-10-15(3)4)13-18(21)16-5-7-17(19)8-6-16/h5-8,14-15H,9-13H2,1-4H3. The van der Waals surface area contributed by atoms with Crippen LogP contribution in [0.1, 0.15) is 50.9 Å². The summed E-state index contributed by atoms with van der Waals surface area (Å²) in [6.07, 6.45) is 2.18. The minimum absolute atomic E-state index is 0.0718. The number of hydrogen-bond acceptors (Lipinski definition) is 2. The van der Waals surface area contributed by atoms with Crippen molar-refractivity contribution in [2.75, 3.05) is 19.6 Å². The summed E-state index contributed by atoms with van der Waals surface area (Å²) < 4.78 is 12.9. The van der Waals surface area contributed by atoms with Crippen LogP contribution in [0.15, 0.2) is 24.3 Å². The molecule has 1 aromatic rings. The Labute approximate surface area is 128 Å². The molecule has 0 saturated heterocycles. The Morgan fingerprint density at radius 3 is 1.90 bits per heavy atom. The number of carbonyl (C=O) groups is 1. The average Bonchev–Trinajstić information content (AvgIpc) is 2.42. The van der Waals surface area contributed by atoms with Gasteiger partial charge in [0.2, 0.25) is 0 Å². The SMILES string of the molecule is CC(C)CCN(CCC(C)C)CC(=O)c1ccc(F)cc1. The number of rotatable bonds is 9. The van der Waals surface area contributed by atoms with Gasteiger partial charge in [-0.1, -0.05) is 27.7 Å². The molecule has 1 rings (SSSR count). The molecule has 0 bridgehead atoms. The summed E-state index contributed by atoms with van der Waals surface area (Å²) in [5.41, 5.74) is 0.593. The summed E-state index contributed by atoms with van der Waals surface area (Å²) in [4.78, 5) is 14.5. The van der Waals surface area contributed by atoms with Gasteiger partial charge in [0.05, 0.1) is 6.54 Å². The first-order valence-electron chi connectivity index (χ1n) is 7.89. The minimum Gasteiger partial charge on any atom is -0.296 e. The van der Waals surface area contributed by atoms with Gasteiger partial charge in [0.1, 0.15) is 5.82 Å². The van der Waals surface area contributed by atoms with Gasteiger partial charge in [0.15, 0.2) is 5.78 Å². The van der Waals surface area contributed by atoms with Gasteiger partial charge in [0.25, 0.3) is 0 Å². The highest BCUT2D eigenvalue weighted by molar-refractivity contribution is 5.97. The predicted molar refractivity (Wildman–Crippen MR) is 86.1 cm³/mol. The number of nitrogens with zero attached hydrogens (tertiary/aromatic N) is 1. The Balaban J connectivity index is 2.60. The highest BCUT2D eigenvalue weighted by atomic mass is 19.1. The maximum atomic E-state index is 12.9. The fourth-order valence-corrected chi connectivity index (χ4v) is 2.08. The lowest BCUT2D eigenvalue weighted by Crippen LogP contribution is -2.33. The van der Waals surface area contributed by atoms with Gasteiger partial charge in [-0.05, 0) is 62.0 Å². The summed E-state index contributed by atoms with van der Waals surface area (Å²) >= 11 is 0. The monoisotopic (exact) mass is 293 g/mol. The molecule has 1 aromatic carbocycles. The van der Waals surface area contributed by atoms with Crippen molar-refractivity contribution in [2.24, 2.45) is 11.8 Å². The number of ketones is 1. The maximum Gasteiger partial charge on any atom is 0.176 e. The maximum absolute atomic E-state index is 12.9. The van der Waals surface area contributed by atoms with Gasteiger partial charge >= 0.3 is 0 Å². The van der Waals surface area contributed by atoms with E-state index >= 15 is 0 Å². The summed E-state index contributed by atoms with van der Waals surface area (Å²) in [5, 5.41) is 0. The van der Waals surface area contributed by atoms with Crippen LogP contribution >= 0.6 is 0 Å². The molecule has 2 nitrogen and oxygen atoms in total. The third-order valence-corrected chi connectivity index (χ3v) is 3.58. The molecule has 0 aliphatic carbocycles. The van der Waals surface area contributed by atoms with Crippen molar-refractivity contribution in [1.29, 1.82) is 0 Å². The van der Waals surface area contributed by atoms with Crippen LogP contribution < -0.4 is 0 Å². The van der Waals surface area contributed by atoms with Crippen LogP contribution in [-0.4, -0.2) is 30.3 Å². The van der Waals surface area contributed by atoms with Gasteiger partial charge in [-0.3, -0.25) is 9.69 Å². The third kappa shape index (κ3) is 7.37. The summed E-state index contributed by atoms with van der Waals surface area (Å²) in [7, 11) is 0. The molecule has 118 valence electrons. The largest absolute Gasteiger partial charge is 0.296 e. The van der Waals surface area contributed by atoms with Gasteiger partial charge in [-0.15, -0.1) is 0 Å². The van der Waals surface area contributed by atoms with Crippen LogP contribution in [-0.2, 0) is 0 Å². The van der Waals surface area contributed by atoms with Crippen molar-refractivity contribution >= 4 is 5.78 Å². The van der Waals surface area contributed by atoms with Gasteiger partial charge in [0, 0.05) is 5.56 Å². The van der Waals surface area contributed by atoms with E-state index in [-0.39, 0.29) is 11.6 Å². The molecule has 0 N–H and O–H groups in total. The van der Waals surface area contributed by atoms with E-state index in [1.54, 1.807) is 12.1 Å². The fourth-order valence-electron chi connectivity index (χ4n) is 2.08. The number of carbonyl (C=O) groups excluding carboxylic acids is 1. The Morgan fingerprint density at radius 1 is 1.00 bits per heavy atom. The molecule has 3 heteroatoms. The zero-order valence-corrected chi connectivity index (χ0v) is 13.7. The van der Waals surface area contributed by atoms with E-state index in [0.717, 1.165) is 25.9 Å². The zero-order chi connectivity index (χ0) is 15.8. The molecule has 0 heterocycles. The molecule has 0 unspecified atom stereocenters. The van der Waals surface area contributed by atoms with E-state index in [4.69, 9.17) is 0 Å². The van der Waals surface area contributed by atoms with E-state index < -0.39 is 0 Å². The molecular formula is C18H28FNO. The van der Waals surface area contributed by atoms with Gasteiger partial charge in [-0.25, -0.2) is 4.39 Å². The molecule has 0 saturated carbocycles. The molecule has 0 aromatic heterocycles. The van der Waals surface area contributed by atoms with E-state index in [1.807, 2.05) is 0 Å². The van der Waals surface area contributed by atoms with Crippen molar-refractivity contribution in [3.8, 4) is 0 Å². The van der Waals surface area contributed by atoms with E-state index in [9.17, 15) is 9.18 Å². The van der Waals surface area contributed by atoms with E-state index in [0.29, 0.717) is 23.9 Å². The second-order valence-corrected chi connectivity index (χ2v) is 6.57. The van der Waals surface area contributed by atoms with Crippen molar-refractivity contribution in [1.82, 2.24) is 4.90 Å².